The molecule has 3 amide bonds. The fraction of sp³-hybridized carbons (Fsp3) is 0.500. The standard InChI is InChI=1S/C16H22N6O2S/c1-2-17-16(24)21-6-4-14-20-13(9-22(14)8-7-21)15(23)18-5-3-12-10-25-11-19-12/h9-11H,2-8H2,1H3,(H,17,24)(H,18,23). The first-order valence-electron chi connectivity index (χ1n) is 8.41. The van der Waals surface area contributed by atoms with E-state index in [1.165, 1.54) is 0 Å². The van der Waals surface area contributed by atoms with E-state index in [1.54, 1.807) is 27.9 Å². The fourth-order valence-corrected chi connectivity index (χ4v) is 3.35. The molecule has 0 spiro atoms. The minimum absolute atomic E-state index is 0.0479. The van der Waals surface area contributed by atoms with Gasteiger partial charge in [-0.3, -0.25) is 4.79 Å². The molecule has 3 rings (SSSR count). The van der Waals surface area contributed by atoms with Crippen molar-refractivity contribution in [3.63, 3.8) is 0 Å². The highest BCUT2D eigenvalue weighted by Gasteiger charge is 2.21. The van der Waals surface area contributed by atoms with Crippen molar-refractivity contribution in [3.05, 3.63) is 34.3 Å². The number of thiazole rings is 1. The third-order valence-electron chi connectivity index (χ3n) is 4.07. The summed E-state index contributed by atoms with van der Waals surface area (Å²) in [4.78, 5) is 34.6. The van der Waals surface area contributed by atoms with Gasteiger partial charge in [-0.2, -0.15) is 0 Å². The number of amides is 3. The van der Waals surface area contributed by atoms with Crippen molar-refractivity contribution in [2.24, 2.45) is 0 Å². The number of carbonyl (C=O) groups excluding carboxylic acids is 2. The van der Waals surface area contributed by atoms with Crippen molar-refractivity contribution in [2.45, 2.75) is 26.3 Å². The molecule has 0 unspecified atom stereocenters. The fourth-order valence-electron chi connectivity index (χ4n) is 2.75. The van der Waals surface area contributed by atoms with Gasteiger partial charge in [-0.25, -0.2) is 14.8 Å². The van der Waals surface area contributed by atoms with E-state index in [-0.39, 0.29) is 11.9 Å². The topological polar surface area (TPSA) is 92.2 Å². The Bertz CT molecular complexity index is 702. The second-order valence-electron chi connectivity index (χ2n) is 5.79. The summed E-state index contributed by atoms with van der Waals surface area (Å²) < 4.78 is 1.97. The number of urea groups is 1. The van der Waals surface area contributed by atoms with Crippen molar-refractivity contribution in [1.29, 1.82) is 0 Å². The van der Waals surface area contributed by atoms with E-state index < -0.39 is 0 Å². The number of aromatic nitrogens is 3. The van der Waals surface area contributed by atoms with Gasteiger partial charge in [0.1, 0.15) is 11.5 Å². The Hall–Kier alpha value is -2.42. The van der Waals surface area contributed by atoms with Crippen molar-refractivity contribution in [2.75, 3.05) is 26.2 Å². The zero-order valence-electron chi connectivity index (χ0n) is 14.2. The molecule has 0 aromatic carbocycles. The normalized spacial score (nSPS) is 13.9. The highest BCUT2D eigenvalue weighted by Crippen LogP contribution is 2.10. The second kappa shape index (κ2) is 8.11. The number of nitrogens with zero attached hydrogens (tertiary/aromatic N) is 4. The van der Waals surface area contributed by atoms with Crippen molar-refractivity contribution >= 4 is 23.3 Å². The minimum Gasteiger partial charge on any atom is -0.350 e. The first-order chi connectivity index (χ1) is 12.2. The Morgan fingerprint density at radius 1 is 1.28 bits per heavy atom. The molecule has 2 aromatic heterocycles. The summed E-state index contributed by atoms with van der Waals surface area (Å²) in [6.45, 7) is 4.92. The van der Waals surface area contributed by atoms with Crippen LogP contribution in [0.4, 0.5) is 4.79 Å². The number of hydrogen-bond acceptors (Lipinski definition) is 5. The van der Waals surface area contributed by atoms with Gasteiger partial charge in [0.05, 0.1) is 11.2 Å². The summed E-state index contributed by atoms with van der Waals surface area (Å²) in [6.07, 6.45) is 3.13. The van der Waals surface area contributed by atoms with E-state index in [0.29, 0.717) is 51.3 Å². The third kappa shape index (κ3) is 4.36. The highest BCUT2D eigenvalue weighted by molar-refractivity contribution is 7.07. The van der Waals surface area contributed by atoms with Crippen LogP contribution in [0.3, 0.4) is 0 Å². The lowest BCUT2D eigenvalue weighted by Crippen LogP contribution is -2.41. The lowest BCUT2D eigenvalue weighted by molar-refractivity contribution is 0.0949. The van der Waals surface area contributed by atoms with Crippen LogP contribution in [-0.2, 0) is 19.4 Å². The molecule has 134 valence electrons. The van der Waals surface area contributed by atoms with E-state index in [1.807, 2.05) is 16.9 Å². The van der Waals surface area contributed by atoms with Gasteiger partial charge in [-0.15, -0.1) is 11.3 Å². The van der Waals surface area contributed by atoms with E-state index >= 15 is 0 Å². The molecule has 1 aliphatic rings. The zero-order valence-corrected chi connectivity index (χ0v) is 15.0. The van der Waals surface area contributed by atoms with Crippen LogP contribution in [-0.4, -0.2) is 57.6 Å². The van der Waals surface area contributed by atoms with E-state index in [4.69, 9.17) is 0 Å². The maximum atomic E-state index is 12.3. The first-order valence-corrected chi connectivity index (χ1v) is 9.35. The van der Waals surface area contributed by atoms with Crippen LogP contribution in [0.5, 0.6) is 0 Å². The molecule has 8 nitrogen and oxygen atoms in total. The quantitative estimate of drug-likeness (QED) is 0.827. The number of nitrogens with one attached hydrogen (secondary N) is 2. The SMILES string of the molecule is CCNC(=O)N1CCc2nc(C(=O)NCCc3cscn3)cn2CC1. The van der Waals surface area contributed by atoms with Gasteiger partial charge in [0.15, 0.2) is 0 Å². The van der Waals surface area contributed by atoms with Crippen LogP contribution >= 0.6 is 11.3 Å². The maximum absolute atomic E-state index is 12.3. The zero-order chi connectivity index (χ0) is 17.6. The van der Waals surface area contributed by atoms with Gasteiger partial charge in [0, 0.05) is 57.1 Å². The molecule has 2 N–H and O–H groups in total. The Balaban J connectivity index is 1.54. The van der Waals surface area contributed by atoms with Crippen molar-refractivity contribution in [3.8, 4) is 0 Å². The molecule has 3 heterocycles. The number of hydrogen-bond donors (Lipinski definition) is 2. The molecule has 0 bridgehead atoms. The molecular formula is C16H22N6O2S. The predicted octanol–water partition coefficient (Wildman–Crippen LogP) is 0.900. The van der Waals surface area contributed by atoms with Crippen LogP contribution in [0.15, 0.2) is 17.1 Å². The molecule has 2 aromatic rings. The molecular weight excluding hydrogens is 340 g/mol. The summed E-state index contributed by atoms with van der Waals surface area (Å²) >= 11 is 1.55. The molecule has 0 aliphatic carbocycles. The number of carbonyl (C=O) groups is 2. The first kappa shape index (κ1) is 17.4. The third-order valence-corrected chi connectivity index (χ3v) is 4.71. The maximum Gasteiger partial charge on any atom is 0.317 e. The van der Waals surface area contributed by atoms with E-state index in [0.717, 1.165) is 11.5 Å². The molecule has 0 fully saturated rings. The summed E-state index contributed by atoms with van der Waals surface area (Å²) in [5, 5.41) is 7.67. The smallest absolute Gasteiger partial charge is 0.317 e. The monoisotopic (exact) mass is 362 g/mol. The van der Waals surface area contributed by atoms with Gasteiger partial charge < -0.3 is 20.1 Å². The number of imidazole rings is 1. The average molecular weight is 362 g/mol. The summed E-state index contributed by atoms with van der Waals surface area (Å²) in [5.74, 6) is 0.674. The Morgan fingerprint density at radius 3 is 2.92 bits per heavy atom. The van der Waals surface area contributed by atoms with Gasteiger partial charge in [-0.1, -0.05) is 0 Å². The van der Waals surface area contributed by atoms with Crippen LogP contribution in [0.25, 0.3) is 0 Å². The van der Waals surface area contributed by atoms with Crippen molar-refractivity contribution in [1.82, 2.24) is 30.1 Å². The molecule has 25 heavy (non-hydrogen) atoms. The Labute approximate surface area is 150 Å². The lowest BCUT2D eigenvalue weighted by atomic mass is 10.3. The number of rotatable bonds is 5. The predicted molar refractivity (Wildman–Crippen MR) is 94.7 cm³/mol. The largest absolute Gasteiger partial charge is 0.350 e. The Morgan fingerprint density at radius 2 is 2.16 bits per heavy atom. The summed E-state index contributed by atoms with van der Waals surface area (Å²) in [7, 11) is 0. The molecule has 0 atom stereocenters. The summed E-state index contributed by atoms with van der Waals surface area (Å²) in [5.41, 5.74) is 3.20. The molecule has 0 saturated heterocycles. The molecule has 0 radical (unpaired) electrons. The van der Waals surface area contributed by atoms with Crippen LogP contribution in [0.2, 0.25) is 0 Å². The Kier molecular flexibility index (Phi) is 5.64. The average Bonchev–Trinajstić information content (AvgIpc) is 3.21. The molecule has 9 heteroatoms. The van der Waals surface area contributed by atoms with Crippen LogP contribution in [0.1, 0.15) is 28.9 Å². The minimum atomic E-state index is -0.170. The summed E-state index contributed by atoms with van der Waals surface area (Å²) in [6, 6.07) is -0.0479. The van der Waals surface area contributed by atoms with Crippen molar-refractivity contribution < 1.29 is 9.59 Å². The molecule has 1 aliphatic heterocycles. The van der Waals surface area contributed by atoms with Crippen LogP contribution < -0.4 is 10.6 Å². The van der Waals surface area contributed by atoms with Gasteiger partial charge in [0.25, 0.3) is 5.91 Å². The lowest BCUT2D eigenvalue weighted by Gasteiger charge is -2.19. The van der Waals surface area contributed by atoms with Gasteiger partial charge in [-0.05, 0) is 6.92 Å². The van der Waals surface area contributed by atoms with E-state index in [9.17, 15) is 9.59 Å². The second-order valence-corrected chi connectivity index (χ2v) is 6.51. The van der Waals surface area contributed by atoms with Gasteiger partial charge in [0.2, 0.25) is 0 Å². The molecule has 0 saturated carbocycles. The highest BCUT2D eigenvalue weighted by atomic mass is 32.1. The van der Waals surface area contributed by atoms with Gasteiger partial charge >= 0.3 is 6.03 Å². The number of fused-ring (bicyclic) bond motifs is 1. The van der Waals surface area contributed by atoms with E-state index in [2.05, 4.69) is 20.6 Å². The van der Waals surface area contributed by atoms with Crippen LogP contribution in [0, 0.1) is 0 Å².